The van der Waals surface area contributed by atoms with Crippen LogP contribution in [0.5, 0.6) is 0 Å². The molecule has 0 atom stereocenters. The summed E-state index contributed by atoms with van der Waals surface area (Å²) in [5.41, 5.74) is 4.01. The number of carbonyl (C=O) groups is 1. The van der Waals surface area contributed by atoms with Crippen LogP contribution in [0, 0.1) is 0 Å². The SMILES string of the molecule is O=C(CSc1nnc(-c2ccccc2)c(-c2ccccc2)n1)Nc1ccc(Cl)cc1. The average molecular weight is 433 g/mol. The Bertz CT molecular complexity index is 1140. The maximum Gasteiger partial charge on any atom is 0.234 e. The van der Waals surface area contributed by atoms with Crippen molar-refractivity contribution in [2.45, 2.75) is 5.16 Å². The van der Waals surface area contributed by atoms with E-state index in [9.17, 15) is 4.79 Å². The van der Waals surface area contributed by atoms with Crippen LogP contribution in [0.3, 0.4) is 0 Å². The van der Waals surface area contributed by atoms with Crippen LogP contribution in [0.2, 0.25) is 5.02 Å². The monoisotopic (exact) mass is 432 g/mol. The largest absolute Gasteiger partial charge is 0.325 e. The Morgan fingerprint density at radius 2 is 1.40 bits per heavy atom. The third kappa shape index (κ3) is 5.03. The number of nitrogens with one attached hydrogen (secondary N) is 1. The molecule has 0 spiro atoms. The number of benzene rings is 3. The summed E-state index contributed by atoms with van der Waals surface area (Å²) in [6.07, 6.45) is 0. The smallest absolute Gasteiger partial charge is 0.234 e. The zero-order valence-electron chi connectivity index (χ0n) is 15.8. The van der Waals surface area contributed by atoms with E-state index in [1.807, 2.05) is 60.7 Å². The van der Waals surface area contributed by atoms with Gasteiger partial charge in [-0.3, -0.25) is 4.79 Å². The predicted molar refractivity (Wildman–Crippen MR) is 122 cm³/mol. The summed E-state index contributed by atoms with van der Waals surface area (Å²) in [5, 5.41) is 12.5. The van der Waals surface area contributed by atoms with E-state index in [1.54, 1.807) is 24.3 Å². The van der Waals surface area contributed by atoms with Crippen molar-refractivity contribution in [3.8, 4) is 22.5 Å². The predicted octanol–water partition coefficient (Wildman–Crippen LogP) is 5.59. The Balaban J connectivity index is 1.54. The standard InChI is InChI=1S/C23H17ClN4OS/c24-18-11-13-19(14-12-18)25-20(29)15-30-23-26-21(16-7-3-1-4-8-16)22(27-28-23)17-9-5-2-6-10-17/h1-14H,15H2,(H,25,29). The first-order valence-corrected chi connectivity index (χ1v) is 10.6. The molecule has 0 unspecified atom stereocenters. The third-order valence-electron chi connectivity index (χ3n) is 4.22. The zero-order valence-corrected chi connectivity index (χ0v) is 17.4. The number of rotatable bonds is 6. The van der Waals surface area contributed by atoms with Gasteiger partial charge in [0.25, 0.3) is 0 Å². The van der Waals surface area contributed by atoms with Crippen molar-refractivity contribution in [1.29, 1.82) is 0 Å². The van der Waals surface area contributed by atoms with Crippen LogP contribution >= 0.6 is 23.4 Å². The molecular weight excluding hydrogens is 416 g/mol. The number of halogens is 1. The lowest BCUT2D eigenvalue weighted by Crippen LogP contribution is -2.14. The first-order valence-electron chi connectivity index (χ1n) is 9.23. The molecule has 30 heavy (non-hydrogen) atoms. The van der Waals surface area contributed by atoms with Crippen molar-refractivity contribution < 1.29 is 4.79 Å². The lowest BCUT2D eigenvalue weighted by molar-refractivity contribution is -0.113. The quantitative estimate of drug-likeness (QED) is 0.402. The van der Waals surface area contributed by atoms with Crippen LogP contribution in [0.4, 0.5) is 5.69 Å². The summed E-state index contributed by atoms with van der Waals surface area (Å²) >= 11 is 7.11. The second-order valence-electron chi connectivity index (χ2n) is 6.37. The van der Waals surface area contributed by atoms with Gasteiger partial charge in [-0.25, -0.2) is 4.98 Å². The van der Waals surface area contributed by atoms with Crippen LogP contribution in [-0.4, -0.2) is 26.8 Å². The van der Waals surface area contributed by atoms with Gasteiger partial charge in [0, 0.05) is 21.8 Å². The van der Waals surface area contributed by atoms with E-state index in [-0.39, 0.29) is 11.7 Å². The maximum absolute atomic E-state index is 12.3. The lowest BCUT2D eigenvalue weighted by Gasteiger charge is -2.09. The Kier molecular flexibility index (Phi) is 6.37. The molecule has 0 radical (unpaired) electrons. The van der Waals surface area contributed by atoms with Crippen molar-refractivity contribution in [2.75, 3.05) is 11.1 Å². The summed E-state index contributed by atoms with van der Waals surface area (Å²) in [4.78, 5) is 17.0. The molecule has 0 saturated carbocycles. The minimum Gasteiger partial charge on any atom is -0.325 e. The van der Waals surface area contributed by atoms with E-state index in [2.05, 4.69) is 15.5 Å². The van der Waals surface area contributed by atoms with Crippen LogP contribution in [-0.2, 0) is 4.79 Å². The molecule has 0 bridgehead atoms. The molecule has 4 aromatic rings. The van der Waals surface area contributed by atoms with Crippen molar-refractivity contribution in [2.24, 2.45) is 0 Å². The minimum atomic E-state index is -0.153. The summed E-state index contributed by atoms with van der Waals surface area (Å²) in [6.45, 7) is 0. The maximum atomic E-state index is 12.3. The van der Waals surface area contributed by atoms with Gasteiger partial charge >= 0.3 is 0 Å². The van der Waals surface area contributed by atoms with Gasteiger partial charge in [-0.15, -0.1) is 10.2 Å². The number of carbonyl (C=O) groups excluding carboxylic acids is 1. The molecule has 4 rings (SSSR count). The van der Waals surface area contributed by atoms with Crippen molar-refractivity contribution >= 4 is 35.0 Å². The van der Waals surface area contributed by atoms with Gasteiger partial charge in [-0.2, -0.15) is 0 Å². The minimum absolute atomic E-state index is 0.153. The molecule has 0 fully saturated rings. The number of hydrogen-bond acceptors (Lipinski definition) is 5. The molecule has 148 valence electrons. The molecule has 1 amide bonds. The molecule has 5 nitrogen and oxygen atoms in total. The Labute approximate surface area is 183 Å². The summed E-state index contributed by atoms with van der Waals surface area (Å²) in [7, 11) is 0. The van der Waals surface area contributed by atoms with Crippen LogP contribution in [0.1, 0.15) is 0 Å². The van der Waals surface area contributed by atoms with E-state index in [0.29, 0.717) is 21.6 Å². The molecule has 1 N–H and O–H groups in total. The fourth-order valence-electron chi connectivity index (χ4n) is 2.82. The van der Waals surface area contributed by atoms with Crippen LogP contribution in [0.15, 0.2) is 90.1 Å². The number of aromatic nitrogens is 3. The molecule has 0 aliphatic heterocycles. The Hall–Kier alpha value is -3.22. The highest BCUT2D eigenvalue weighted by Gasteiger charge is 2.14. The van der Waals surface area contributed by atoms with Crippen LogP contribution in [0.25, 0.3) is 22.5 Å². The molecule has 7 heteroatoms. The van der Waals surface area contributed by atoms with Gasteiger partial charge in [0.2, 0.25) is 11.1 Å². The third-order valence-corrected chi connectivity index (χ3v) is 5.31. The van der Waals surface area contributed by atoms with Crippen molar-refractivity contribution in [3.63, 3.8) is 0 Å². The molecule has 3 aromatic carbocycles. The topological polar surface area (TPSA) is 67.8 Å². The number of hydrogen-bond donors (Lipinski definition) is 1. The number of nitrogens with zero attached hydrogens (tertiary/aromatic N) is 3. The van der Waals surface area contributed by atoms with Gasteiger partial charge in [-0.05, 0) is 24.3 Å². The Morgan fingerprint density at radius 1 is 0.800 bits per heavy atom. The fraction of sp³-hybridized carbons (Fsp3) is 0.0435. The highest BCUT2D eigenvalue weighted by molar-refractivity contribution is 7.99. The van der Waals surface area contributed by atoms with E-state index in [1.165, 1.54) is 11.8 Å². The molecule has 0 aliphatic carbocycles. The van der Waals surface area contributed by atoms with E-state index < -0.39 is 0 Å². The number of amides is 1. The zero-order chi connectivity index (χ0) is 20.8. The lowest BCUT2D eigenvalue weighted by atomic mass is 10.0. The second-order valence-corrected chi connectivity index (χ2v) is 7.75. The average Bonchev–Trinajstić information content (AvgIpc) is 2.80. The first-order chi connectivity index (χ1) is 14.7. The second kappa shape index (κ2) is 9.52. The highest BCUT2D eigenvalue weighted by Crippen LogP contribution is 2.29. The first kappa shape index (κ1) is 20.1. The summed E-state index contributed by atoms with van der Waals surface area (Å²) in [6, 6.07) is 26.6. The summed E-state index contributed by atoms with van der Waals surface area (Å²) < 4.78 is 0. The molecule has 0 aliphatic rings. The summed E-state index contributed by atoms with van der Waals surface area (Å²) in [5.74, 6) is 0.0165. The molecular formula is C23H17ClN4OS. The van der Waals surface area contributed by atoms with Crippen LogP contribution < -0.4 is 5.32 Å². The van der Waals surface area contributed by atoms with E-state index in [4.69, 9.17) is 16.6 Å². The van der Waals surface area contributed by atoms with Gasteiger partial charge in [0.1, 0.15) is 11.4 Å². The number of anilines is 1. The van der Waals surface area contributed by atoms with Crippen molar-refractivity contribution in [3.05, 3.63) is 90.0 Å². The van der Waals surface area contributed by atoms with Gasteiger partial charge < -0.3 is 5.32 Å². The highest BCUT2D eigenvalue weighted by atomic mass is 35.5. The molecule has 1 heterocycles. The van der Waals surface area contributed by atoms with Crippen molar-refractivity contribution in [1.82, 2.24) is 15.2 Å². The fourth-order valence-corrected chi connectivity index (χ4v) is 3.53. The van der Waals surface area contributed by atoms with Gasteiger partial charge in [-0.1, -0.05) is 84.0 Å². The Morgan fingerprint density at radius 3 is 2.03 bits per heavy atom. The normalized spacial score (nSPS) is 10.6. The molecule has 1 aromatic heterocycles. The van der Waals surface area contributed by atoms with E-state index in [0.717, 1.165) is 16.8 Å². The van der Waals surface area contributed by atoms with Gasteiger partial charge in [0.05, 0.1) is 5.75 Å². The number of thioether (sulfide) groups is 1. The van der Waals surface area contributed by atoms with E-state index >= 15 is 0 Å². The molecule has 0 saturated heterocycles. The van der Waals surface area contributed by atoms with Gasteiger partial charge in [0.15, 0.2) is 0 Å².